The molecule has 13 heteroatoms. The van der Waals surface area contributed by atoms with Gasteiger partial charge in [-0.15, -0.1) is 0 Å². The molecule has 0 saturated carbocycles. The molecule has 0 atom stereocenters. The van der Waals surface area contributed by atoms with E-state index in [1.54, 1.807) is 0 Å². The van der Waals surface area contributed by atoms with Gasteiger partial charge in [0.15, 0.2) is 0 Å². The topological polar surface area (TPSA) is 257 Å². The Kier molecular flexibility index (Phi) is 12.6. The first-order valence-corrected chi connectivity index (χ1v) is 7.92. The minimum atomic E-state index is -3.70. The second-order valence-electron chi connectivity index (χ2n) is 2.91. The van der Waals surface area contributed by atoms with E-state index in [9.17, 15) is 19.5 Å². The fraction of sp³-hybridized carbons (Fsp3) is 0.500. The van der Waals surface area contributed by atoms with Crippen LogP contribution in [0.1, 0.15) is 12.8 Å². The quantitative estimate of drug-likeness (QED) is 0.322. The fourth-order valence-electron chi connectivity index (χ4n) is 1.12. The molecule has 2 fully saturated rings. The first-order chi connectivity index (χ1) is 6.49. The molecular formula is C6H15BiO12. The van der Waals surface area contributed by atoms with Crippen LogP contribution >= 0.6 is 0 Å². The molecule has 116 valence electrons. The Morgan fingerprint density at radius 2 is 1.21 bits per heavy atom. The van der Waals surface area contributed by atoms with Gasteiger partial charge >= 0.3 is 87.4 Å². The van der Waals surface area contributed by atoms with Crippen molar-refractivity contribution in [2.24, 2.45) is 0 Å². The molecule has 2 aliphatic rings. The predicted octanol–water partition coefficient (Wildman–Crippen LogP) is -5.98. The Balaban J connectivity index is -0.000000225. The van der Waals surface area contributed by atoms with E-state index in [1.807, 2.05) is 0 Å². The first-order valence-electron chi connectivity index (χ1n) is 3.66. The predicted molar refractivity (Wildman–Crippen MR) is 56.3 cm³/mol. The van der Waals surface area contributed by atoms with Crippen molar-refractivity contribution in [3.8, 4) is 0 Å². The molecule has 2 bridgehead atoms. The van der Waals surface area contributed by atoms with Crippen molar-refractivity contribution in [2.75, 3.05) is 0 Å². The third kappa shape index (κ3) is 5.28. The van der Waals surface area contributed by atoms with Crippen molar-refractivity contribution in [3.05, 3.63) is 0 Å². The molecule has 2 saturated heterocycles. The SMILES string of the molecule is O.O.O.O.O.O=C1CC2(O)CC(=O)[O][Bi]([O]1)[O]C2=O. The number of hydrogen-bond acceptors (Lipinski definition) is 7. The second kappa shape index (κ2) is 9.04. The van der Waals surface area contributed by atoms with E-state index in [0.29, 0.717) is 0 Å². The van der Waals surface area contributed by atoms with Crippen LogP contribution in [0.3, 0.4) is 0 Å². The number of carbonyl (C=O) groups excluding carboxylic acids is 3. The molecule has 0 amide bonds. The van der Waals surface area contributed by atoms with Crippen LogP contribution in [0.4, 0.5) is 0 Å². The maximum atomic E-state index is 11.2. The van der Waals surface area contributed by atoms with Crippen LogP contribution in [0, 0.1) is 0 Å². The van der Waals surface area contributed by atoms with Gasteiger partial charge in [-0.25, -0.2) is 0 Å². The summed E-state index contributed by atoms with van der Waals surface area (Å²) in [6, 6.07) is 0. The molecule has 0 unspecified atom stereocenters. The Bertz CT molecular complexity index is 308. The summed E-state index contributed by atoms with van der Waals surface area (Å²) in [5.74, 6) is -2.51. The van der Waals surface area contributed by atoms with Crippen LogP contribution in [0.15, 0.2) is 0 Å². The first kappa shape index (κ1) is 26.6. The third-order valence-electron chi connectivity index (χ3n) is 1.76. The number of carbonyl (C=O) groups is 3. The Hall–Kier alpha value is -0.947. The summed E-state index contributed by atoms with van der Waals surface area (Å²) < 4.78 is 13.8. The van der Waals surface area contributed by atoms with Crippen LogP contribution < -0.4 is 0 Å². The molecule has 11 N–H and O–H groups in total. The van der Waals surface area contributed by atoms with E-state index in [4.69, 9.17) is 0 Å². The van der Waals surface area contributed by atoms with Crippen LogP contribution in [-0.4, -0.2) is 79.1 Å². The zero-order valence-electron chi connectivity index (χ0n) is 9.26. The van der Waals surface area contributed by atoms with E-state index in [1.165, 1.54) is 0 Å². The van der Waals surface area contributed by atoms with Crippen LogP contribution in [0.25, 0.3) is 0 Å². The molecule has 0 aromatic heterocycles. The van der Waals surface area contributed by atoms with Crippen molar-refractivity contribution in [1.82, 2.24) is 0 Å². The van der Waals surface area contributed by atoms with Gasteiger partial charge in [-0.2, -0.15) is 0 Å². The van der Waals surface area contributed by atoms with Crippen molar-refractivity contribution in [1.29, 1.82) is 0 Å². The van der Waals surface area contributed by atoms with Gasteiger partial charge in [0.05, 0.1) is 0 Å². The van der Waals surface area contributed by atoms with E-state index in [0.717, 1.165) is 0 Å². The van der Waals surface area contributed by atoms with E-state index in [-0.39, 0.29) is 27.4 Å². The molecule has 2 rings (SSSR count). The van der Waals surface area contributed by atoms with Gasteiger partial charge in [0.25, 0.3) is 0 Å². The Morgan fingerprint density at radius 3 is 1.58 bits per heavy atom. The fourth-order valence-corrected chi connectivity index (χ4v) is 4.54. The Labute approximate surface area is 115 Å². The van der Waals surface area contributed by atoms with Crippen LogP contribution in [0.5, 0.6) is 0 Å². The van der Waals surface area contributed by atoms with Gasteiger partial charge in [-0.1, -0.05) is 0 Å². The van der Waals surface area contributed by atoms with Crippen LogP contribution in [-0.2, 0) is 22.8 Å². The summed E-state index contributed by atoms with van der Waals surface area (Å²) in [6.45, 7) is 0. The molecule has 0 radical (unpaired) electrons. The Morgan fingerprint density at radius 1 is 0.842 bits per heavy atom. The molecule has 12 nitrogen and oxygen atoms in total. The molecule has 19 heavy (non-hydrogen) atoms. The van der Waals surface area contributed by atoms with E-state index >= 15 is 0 Å². The average Bonchev–Trinajstić information content (AvgIpc) is 2.13. The van der Waals surface area contributed by atoms with Crippen molar-refractivity contribution in [3.63, 3.8) is 0 Å². The molecular weight excluding hydrogens is 473 g/mol. The van der Waals surface area contributed by atoms with Crippen molar-refractivity contribution < 1.29 is 55.3 Å². The summed E-state index contributed by atoms with van der Waals surface area (Å²) >= 11 is -3.70. The van der Waals surface area contributed by atoms with Crippen molar-refractivity contribution >= 4 is 41.0 Å². The number of rotatable bonds is 0. The monoisotopic (exact) mass is 488 g/mol. The van der Waals surface area contributed by atoms with Gasteiger partial charge < -0.3 is 27.4 Å². The van der Waals surface area contributed by atoms with Gasteiger partial charge in [0.2, 0.25) is 0 Å². The van der Waals surface area contributed by atoms with Crippen molar-refractivity contribution in [2.45, 2.75) is 18.4 Å². The second-order valence-corrected chi connectivity index (χ2v) is 6.78. The summed E-state index contributed by atoms with van der Waals surface area (Å²) in [6.07, 6.45) is -1.10. The molecule has 0 aromatic carbocycles. The number of aliphatic hydroxyl groups is 1. The van der Waals surface area contributed by atoms with Gasteiger partial charge in [-0.3, -0.25) is 0 Å². The van der Waals surface area contributed by atoms with E-state index < -0.39 is 59.4 Å². The molecule has 2 heterocycles. The molecule has 2 aliphatic heterocycles. The molecule has 0 aromatic rings. The standard InChI is InChI=1S/C6H8O7.Bi.5H2O/c7-3(8)1-6(13,5(11)12)2-4(9)10;;;;;;/h13H,1-2H2,(H,7,8)(H,9,10)(H,11,12);;5*1H2/q;+3;;;;;/p-3. The average molecular weight is 488 g/mol. The summed E-state index contributed by atoms with van der Waals surface area (Å²) in [5.41, 5.74) is -2.10. The number of fused-ring (bicyclic) bond motifs is 3. The molecule has 0 aliphatic carbocycles. The summed E-state index contributed by atoms with van der Waals surface area (Å²) in [7, 11) is 0. The summed E-state index contributed by atoms with van der Waals surface area (Å²) in [4.78, 5) is 33.2. The van der Waals surface area contributed by atoms with E-state index in [2.05, 4.69) is 8.44 Å². The minimum absolute atomic E-state index is 0. The molecule has 0 spiro atoms. The third-order valence-corrected chi connectivity index (χ3v) is 5.73. The maximum absolute atomic E-state index is 11.2. The van der Waals surface area contributed by atoms with Gasteiger partial charge in [0, 0.05) is 0 Å². The zero-order valence-corrected chi connectivity index (χ0v) is 12.7. The number of hydrogen-bond donors (Lipinski definition) is 1. The normalized spacial score (nSPS) is 19.1. The zero-order chi connectivity index (χ0) is 10.3. The van der Waals surface area contributed by atoms with Gasteiger partial charge in [-0.05, 0) is 0 Å². The van der Waals surface area contributed by atoms with Gasteiger partial charge in [0.1, 0.15) is 0 Å². The summed E-state index contributed by atoms with van der Waals surface area (Å²) in [5, 5.41) is 9.64. The van der Waals surface area contributed by atoms with Crippen LogP contribution in [0.2, 0.25) is 0 Å².